The van der Waals surface area contributed by atoms with Gasteiger partial charge in [0.1, 0.15) is 18.8 Å². The second kappa shape index (κ2) is 10.1. The molecule has 196 valence electrons. The van der Waals surface area contributed by atoms with Crippen molar-refractivity contribution in [2.75, 3.05) is 4.90 Å². The Labute approximate surface area is 229 Å². The van der Waals surface area contributed by atoms with E-state index in [1.54, 1.807) is 66.7 Å². The predicted octanol–water partition coefficient (Wildman–Crippen LogP) is 4.52. The summed E-state index contributed by atoms with van der Waals surface area (Å²) in [4.78, 5) is 38.9. The maximum absolute atomic E-state index is 13.6. The number of nitro benzene ring substituents is 1. The Bertz CT molecular complexity index is 1680. The van der Waals surface area contributed by atoms with Gasteiger partial charge in [0.05, 0.1) is 21.7 Å². The van der Waals surface area contributed by atoms with Crippen LogP contribution in [-0.2, 0) is 26.4 Å². The number of carbonyl (C=O) groups is 2. The van der Waals surface area contributed by atoms with Crippen LogP contribution >= 0.6 is 0 Å². The van der Waals surface area contributed by atoms with Crippen molar-refractivity contribution in [3.8, 4) is 23.7 Å². The Morgan fingerprint density at radius 3 is 2.45 bits per heavy atom. The average Bonchev–Trinajstić information content (AvgIpc) is 3.74. The zero-order valence-electron chi connectivity index (χ0n) is 20.9. The summed E-state index contributed by atoms with van der Waals surface area (Å²) in [5.41, 5.74) is 0.357. The molecule has 1 aliphatic carbocycles. The van der Waals surface area contributed by atoms with Gasteiger partial charge in [-0.2, -0.15) is 0 Å². The third-order valence-corrected chi connectivity index (χ3v) is 6.89. The van der Waals surface area contributed by atoms with Gasteiger partial charge in [0.2, 0.25) is 0 Å². The fourth-order valence-corrected chi connectivity index (χ4v) is 5.03. The van der Waals surface area contributed by atoms with Crippen LogP contribution in [0.5, 0.6) is 0 Å². The largest absolute Gasteiger partial charge is 0.444 e. The molecular weight excluding hydrogens is 512 g/mol. The topological polar surface area (TPSA) is 112 Å². The Morgan fingerprint density at radius 1 is 0.950 bits per heavy atom. The van der Waals surface area contributed by atoms with E-state index >= 15 is 0 Å². The third kappa shape index (κ3) is 4.25. The van der Waals surface area contributed by atoms with Crippen molar-refractivity contribution in [3.63, 3.8) is 0 Å². The number of nitrogens with zero attached hydrogens (tertiary/aromatic N) is 2. The zero-order valence-corrected chi connectivity index (χ0v) is 20.9. The molecule has 0 N–H and O–H groups in total. The smallest absolute Gasteiger partial charge is 0.415 e. The SMILES string of the molecule is O=C(O[C@@H]1C#C/C=C\C#C[C@H]2[C@@H]3O[C@@]13c1ccccc1N2C(=O)OCc1ccccc1[N+](=O)[O-])c1ccccc1. The number of ether oxygens (including phenoxy) is 3. The van der Waals surface area contributed by atoms with Crippen molar-refractivity contribution in [2.24, 2.45) is 0 Å². The first-order valence-electron chi connectivity index (χ1n) is 12.4. The lowest BCUT2D eigenvalue weighted by atomic mass is 9.81. The summed E-state index contributed by atoms with van der Waals surface area (Å²) in [6.45, 7) is -0.311. The molecule has 1 amide bonds. The Kier molecular flexibility index (Phi) is 6.27. The second-order valence-corrected chi connectivity index (χ2v) is 9.17. The minimum Gasteiger partial charge on any atom is -0.444 e. The number of anilines is 1. The molecule has 2 heterocycles. The Hall–Kier alpha value is -5.38. The molecule has 0 spiro atoms. The molecule has 6 rings (SSSR count). The number of hydrogen-bond donors (Lipinski definition) is 0. The van der Waals surface area contributed by atoms with E-state index in [4.69, 9.17) is 14.2 Å². The highest BCUT2D eigenvalue weighted by atomic mass is 16.7. The number of allylic oxidation sites excluding steroid dienone is 2. The maximum atomic E-state index is 13.6. The van der Waals surface area contributed by atoms with Gasteiger partial charge in [-0.3, -0.25) is 15.0 Å². The van der Waals surface area contributed by atoms with Crippen molar-refractivity contribution in [3.05, 3.63) is 118 Å². The second-order valence-electron chi connectivity index (χ2n) is 9.17. The quantitative estimate of drug-likeness (QED) is 0.156. The van der Waals surface area contributed by atoms with Crippen LogP contribution in [0.25, 0.3) is 0 Å². The van der Waals surface area contributed by atoms with Crippen molar-refractivity contribution >= 4 is 23.4 Å². The number of esters is 1. The van der Waals surface area contributed by atoms with Crippen LogP contribution in [0.1, 0.15) is 21.5 Å². The summed E-state index contributed by atoms with van der Waals surface area (Å²) in [5, 5.41) is 11.4. The van der Waals surface area contributed by atoms with E-state index in [2.05, 4.69) is 23.7 Å². The molecule has 2 aliphatic heterocycles. The molecule has 0 unspecified atom stereocenters. The summed E-state index contributed by atoms with van der Waals surface area (Å²) in [6, 6.07) is 20.9. The highest BCUT2D eigenvalue weighted by Gasteiger charge is 2.72. The van der Waals surface area contributed by atoms with Crippen LogP contribution in [0.15, 0.2) is 91.0 Å². The van der Waals surface area contributed by atoms with E-state index in [1.165, 1.54) is 29.2 Å². The van der Waals surface area contributed by atoms with E-state index in [0.29, 0.717) is 16.8 Å². The van der Waals surface area contributed by atoms with Crippen LogP contribution in [0, 0.1) is 33.8 Å². The van der Waals surface area contributed by atoms with E-state index in [9.17, 15) is 19.7 Å². The lowest BCUT2D eigenvalue weighted by molar-refractivity contribution is -0.385. The minimum atomic E-state index is -1.16. The minimum absolute atomic E-state index is 0.149. The lowest BCUT2D eigenvalue weighted by Crippen LogP contribution is -2.51. The van der Waals surface area contributed by atoms with Gasteiger partial charge >= 0.3 is 12.1 Å². The molecule has 4 atom stereocenters. The molecule has 9 heteroatoms. The molecular formula is C31H20N2O7. The zero-order chi connectivity index (χ0) is 27.7. The number of para-hydroxylation sites is 2. The summed E-state index contributed by atoms with van der Waals surface area (Å²) in [5.74, 6) is 11.3. The first kappa shape index (κ1) is 24.9. The van der Waals surface area contributed by atoms with Gasteiger partial charge < -0.3 is 14.2 Å². The standard InChI is InChI=1S/C31H20N2O7/c34-29(21-12-4-3-5-13-21)39-27-19-7-2-1-6-18-26-28-31(27,40-28)23-15-9-11-17-25(23)32(26)30(35)38-20-22-14-8-10-16-24(22)33(36)37/h1-5,8-17,26-28H,20H2/b2-1-/t26-,27+,28-,31-/m0/s1. The van der Waals surface area contributed by atoms with Crippen molar-refractivity contribution in [2.45, 2.75) is 30.5 Å². The number of nitro groups is 1. The van der Waals surface area contributed by atoms with Gasteiger partial charge in [-0.15, -0.1) is 0 Å². The first-order chi connectivity index (χ1) is 19.5. The molecule has 0 aromatic heterocycles. The highest BCUT2D eigenvalue weighted by molar-refractivity contribution is 5.93. The van der Waals surface area contributed by atoms with E-state index in [-0.39, 0.29) is 17.9 Å². The highest BCUT2D eigenvalue weighted by Crippen LogP contribution is 2.59. The average molecular weight is 533 g/mol. The number of fused-ring (bicyclic) bond motifs is 1. The Balaban J connectivity index is 1.36. The van der Waals surface area contributed by atoms with Gasteiger partial charge in [0, 0.05) is 11.6 Å². The van der Waals surface area contributed by atoms with Crippen molar-refractivity contribution in [1.82, 2.24) is 0 Å². The molecule has 3 aromatic carbocycles. The normalized spacial score (nSPS) is 23.9. The first-order valence-corrected chi connectivity index (χ1v) is 12.4. The summed E-state index contributed by atoms with van der Waals surface area (Å²) in [7, 11) is 0. The number of benzene rings is 3. The number of hydrogen-bond acceptors (Lipinski definition) is 7. The van der Waals surface area contributed by atoms with Gasteiger partial charge in [-0.05, 0) is 36.4 Å². The van der Waals surface area contributed by atoms with Gasteiger partial charge in [0.25, 0.3) is 5.69 Å². The molecule has 0 radical (unpaired) electrons. The summed E-state index contributed by atoms with van der Waals surface area (Å²) >= 11 is 0. The van der Waals surface area contributed by atoms with Gasteiger partial charge in [-0.25, -0.2) is 9.59 Å². The van der Waals surface area contributed by atoms with E-state index in [0.717, 1.165) is 0 Å². The number of amides is 1. The predicted molar refractivity (Wildman–Crippen MR) is 143 cm³/mol. The molecule has 3 aliphatic rings. The van der Waals surface area contributed by atoms with Crippen LogP contribution in [-0.4, -0.2) is 35.2 Å². The summed E-state index contributed by atoms with van der Waals surface area (Å²) in [6.07, 6.45) is 0.648. The molecule has 0 saturated carbocycles. The van der Waals surface area contributed by atoms with Crippen LogP contribution in [0.3, 0.4) is 0 Å². The molecule has 9 nitrogen and oxygen atoms in total. The summed E-state index contributed by atoms with van der Waals surface area (Å²) < 4.78 is 17.8. The Morgan fingerprint density at radius 2 is 1.65 bits per heavy atom. The third-order valence-electron chi connectivity index (χ3n) is 6.89. The number of epoxide rings is 1. The van der Waals surface area contributed by atoms with Gasteiger partial charge in [-0.1, -0.05) is 72.2 Å². The molecule has 1 fully saturated rings. The molecule has 3 aromatic rings. The molecule has 1 saturated heterocycles. The molecule has 40 heavy (non-hydrogen) atoms. The van der Waals surface area contributed by atoms with Gasteiger partial charge in [0.15, 0.2) is 11.7 Å². The fourth-order valence-electron chi connectivity index (χ4n) is 5.03. The monoisotopic (exact) mass is 532 g/mol. The maximum Gasteiger partial charge on any atom is 0.415 e. The van der Waals surface area contributed by atoms with Crippen LogP contribution < -0.4 is 4.90 Å². The number of rotatable bonds is 5. The molecule has 2 bridgehead atoms. The van der Waals surface area contributed by atoms with E-state index < -0.39 is 40.8 Å². The fraction of sp³-hybridized carbons (Fsp3) is 0.161. The van der Waals surface area contributed by atoms with Crippen molar-refractivity contribution < 1.29 is 28.7 Å². The lowest BCUT2D eigenvalue weighted by Gasteiger charge is -2.36. The van der Waals surface area contributed by atoms with Crippen molar-refractivity contribution in [1.29, 1.82) is 0 Å². The van der Waals surface area contributed by atoms with Crippen LogP contribution in [0.4, 0.5) is 16.2 Å². The number of carbonyl (C=O) groups excluding carboxylic acids is 2. The van der Waals surface area contributed by atoms with E-state index in [1.807, 2.05) is 0 Å². The van der Waals surface area contributed by atoms with Crippen LogP contribution in [0.2, 0.25) is 0 Å².